The number of ether oxygens (including phenoxy) is 5. The van der Waals surface area contributed by atoms with Crippen LogP contribution in [0.3, 0.4) is 0 Å². The summed E-state index contributed by atoms with van der Waals surface area (Å²) in [6.45, 7) is 10.9. The summed E-state index contributed by atoms with van der Waals surface area (Å²) in [4.78, 5) is 39.5. The second-order valence-corrected chi connectivity index (χ2v) is 19.3. The third-order valence-electron chi connectivity index (χ3n) is 12.6. The molecule has 2 unspecified atom stereocenters. The Hall–Kier alpha value is -5.10. The second kappa shape index (κ2) is 27.8. The van der Waals surface area contributed by atoms with E-state index in [1.165, 1.54) is 77.0 Å². The topological polar surface area (TPSA) is 138 Å². The van der Waals surface area contributed by atoms with Crippen molar-refractivity contribution < 1.29 is 48.3 Å². The van der Waals surface area contributed by atoms with Gasteiger partial charge in [-0.15, -0.1) is 11.8 Å². The summed E-state index contributed by atoms with van der Waals surface area (Å²) >= 11 is 1.14. The van der Waals surface area contributed by atoms with Gasteiger partial charge in [0.15, 0.2) is 0 Å². The lowest BCUT2D eigenvalue weighted by Crippen LogP contribution is -2.45. The average Bonchev–Trinajstić information content (AvgIpc) is 3.82. The van der Waals surface area contributed by atoms with Crippen LogP contribution in [0, 0.1) is 5.92 Å². The van der Waals surface area contributed by atoms with Crippen molar-refractivity contribution in [2.45, 2.75) is 154 Å². The largest absolute Gasteiger partial charge is 0.494 e. The number of hydrogen-bond acceptors (Lipinski definition) is 11. The molecule has 4 aromatic carbocycles. The van der Waals surface area contributed by atoms with Crippen LogP contribution in [-0.2, 0) is 20.7 Å². The minimum atomic E-state index is -1.60. The van der Waals surface area contributed by atoms with E-state index >= 15 is 0 Å². The van der Waals surface area contributed by atoms with Gasteiger partial charge in [-0.25, -0.2) is 14.4 Å². The standard InChI is InChI=1S/C57H74O10S/c1-6-9-11-13-15-17-19-21-39-64-46-31-23-42(24-32-46)53(58)66-48-35-27-44(28-36-48)56(4,61)50-41-51(55(60)63-8-3)68-52(50)57(5,62)45-29-37-49(38-30-45)67-54(59)43-25-33-47(34-26-43)65-40-22-20-18-16-14-12-10-7-2/h23-38,41,50,52,61-62H,6-22,39-40H2,1-5H3/t50-,52-,56?,57?/m0/s1. The van der Waals surface area contributed by atoms with Crippen molar-refractivity contribution in [3.05, 3.63) is 130 Å². The first-order valence-electron chi connectivity index (χ1n) is 25.0. The molecule has 5 rings (SSSR count). The van der Waals surface area contributed by atoms with E-state index in [-0.39, 0.29) is 23.0 Å². The number of esters is 3. The Morgan fingerprint density at radius 2 is 0.853 bits per heavy atom. The SMILES string of the molecule is CCCCCCCCCCOc1ccc(C(=O)Oc2ccc(C(C)(O)[C@H]3C=C(C(=O)OCC)S[C@@H]3C(C)(O)c3ccc(OC(=O)c4ccc(OCCCCCCCCCC)cc4)cc3)cc2)cc1. The molecule has 0 spiro atoms. The van der Waals surface area contributed by atoms with Crippen LogP contribution < -0.4 is 18.9 Å². The van der Waals surface area contributed by atoms with Crippen LogP contribution in [0.1, 0.15) is 169 Å². The molecule has 68 heavy (non-hydrogen) atoms. The molecule has 0 saturated heterocycles. The van der Waals surface area contributed by atoms with Crippen LogP contribution in [0.2, 0.25) is 0 Å². The second-order valence-electron chi connectivity index (χ2n) is 18.1. The molecule has 368 valence electrons. The van der Waals surface area contributed by atoms with Crippen LogP contribution >= 0.6 is 11.8 Å². The van der Waals surface area contributed by atoms with Gasteiger partial charge in [0, 0.05) is 5.92 Å². The van der Waals surface area contributed by atoms with Crippen molar-refractivity contribution >= 4 is 29.7 Å². The number of rotatable bonds is 30. The summed E-state index contributed by atoms with van der Waals surface area (Å²) in [6.07, 6.45) is 21.2. The van der Waals surface area contributed by atoms with Crippen LogP contribution in [0.25, 0.3) is 0 Å². The van der Waals surface area contributed by atoms with E-state index in [1.54, 1.807) is 124 Å². The maximum absolute atomic E-state index is 13.1. The highest BCUT2D eigenvalue weighted by Crippen LogP contribution is 2.52. The first kappa shape index (κ1) is 53.8. The first-order valence-corrected chi connectivity index (χ1v) is 25.9. The van der Waals surface area contributed by atoms with E-state index in [0.717, 1.165) is 37.4 Å². The molecule has 0 radical (unpaired) electrons. The van der Waals surface area contributed by atoms with E-state index in [2.05, 4.69) is 13.8 Å². The highest BCUT2D eigenvalue weighted by atomic mass is 32.2. The summed E-state index contributed by atoms with van der Waals surface area (Å²) in [5, 5.41) is 23.8. The number of carbonyl (C=O) groups excluding carboxylic acids is 3. The van der Waals surface area contributed by atoms with E-state index < -0.39 is 40.3 Å². The average molecular weight is 951 g/mol. The Morgan fingerprint density at radius 3 is 1.25 bits per heavy atom. The molecule has 1 aliphatic rings. The van der Waals surface area contributed by atoms with Gasteiger partial charge in [-0.2, -0.15) is 0 Å². The van der Waals surface area contributed by atoms with E-state index in [4.69, 9.17) is 23.7 Å². The molecule has 1 heterocycles. The molecular weight excluding hydrogens is 877 g/mol. The van der Waals surface area contributed by atoms with Crippen molar-refractivity contribution in [2.75, 3.05) is 19.8 Å². The van der Waals surface area contributed by atoms with Gasteiger partial charge in [-0.3, -0.25) is 0 Å². The lowest BCUT2D eigenvalue weighted by atomic mass is 9.74. The Morgan fingerprint density at radius 1 is 0.485 bits per heavy atom. The van der Waals surface area contributed by atoms with Crippen LogP contribution in [0.5, 0.6) is 23.0 Å². The highest BCUT2D eigenvalue weighted by Gasteiger charge is 2.51. The van der Waals surface area contributed by atoms with Crippen molar-refractivity contribution in [1.82, 2.24) is 0 Å². The summed E-state index contributed by atoms with van der Waals surface area (Å²) < 4.78 is 28.5. The van der Waals surface area contributed by atoms with Crippen LogP contribution in [0.15, 0.2) is 108 Å². The maximum atomic E-state index is 13.1. The van der Waals surface area contributed by atoms with Gasteiger partial charge in [-0.1, -0.05) is 134 Å². The van der Waals surface area contributed by atoms with Gasteiger partial charge < -0.3 is 33.9 Å². The fourth-order valence-electron chi connectivity index (χ4n) is 8.38. The van der Waals surface area contributed by atoms with Gasteiger partial charge >= 0.3 is 17.9 Å². The number of unbranched alkanes of at least 4 members (excludes halogenated alkanes) is 14. The smallest absolute Gasteiger partial charge is 0.344 e. The molecule has 10 nitrogen and oxygen atoms in total. The molecule has 1 aliphatic heterocycles. The molecule has 2 N–H and O–H groups in total. The number of aliphatic hydroxyl groups is 2. The zero-order valence-corrected chi connectivity index (χ0v) is 41.8. The lowest BCUT2D eigenvalue weighted by molar-refractivity contribution is -0.137. The van der Waals surface area contributed by atoms with Crippen molar-refractivity contribution in [2.24, 2.45) is 5.92 Å². The number of carbonyl (C=O) groups is 3. The van der Waals surface area contributed by atoms with E-state index in [9.17, 15) is 24.6 Å². The summed E-state index contributed by atoms with van der Waals surface area (Å²) in [7, 11) is 0. The quantitative estimate of drug-likeness (QED) is 0.0293. The molecule has 0 fully saturated rings. The van der Waals surface area contributed by atoms with E-state index in [0.29, 0.717) is 47.0 Å². The predicted octanol–water partition coefficient (Wildman–Crippen LogP) is 13.5. The molecular formula is C57H74O10S. The number of hydrogen-bond donors (Lipinski definition) is 2. The number of benzene rings is 4. The molecule has 0 aliphatic carbocycles. The molecule has 0 amide bonds. The van der Waals surface area contributed by atoms with Crippen molar-refractivity contribution in [3.8, 4) is 23.0 Å². The Balaban J connectivity index is 1.16. The lowest BCUT2D eigenvalue weighted by Gasteiger charge is -2.40. The monoisotopic (exact) mass is 951 g/mol. The minimum Gasteiger partial charge on any atom is -0.494 e. The molecule has 0 aromatic heterocycles. The van der Waals surface area contributed by atoms with E-state index in [1.807, 2.05) is 0 Å². The first-order chi connectivity index (χ1) is 32.9. The normalized spacial score (nSPS) is 16.2. The third-order valence-corrected chi connectivity index (χ3v) is 14.2. The predicted molar refractivity (Wildman–Crippen MR) is 271 cm³/mol. The number of thioether (sulfide) groups is 1. The fourth-order valence-corrected chi connectivity index (χ4v) is 9.89. The Bertz CT molecular complexity index is 2160. The van der Waals surface area contributed by atoms with Crippen molar-refractivity contribution in [1.29, 1.82) is 0 Å². The molecule has 0 saturated carbocycles. The van der Waals surface area contributed by atoms with Gasteiger partial charge in [0.2, 0.25) is 0 Å². The van der Waals surface area contributed by atoms with Gasteiger partial charge in [-0.05, 0) is 118 Å². The van der Waals surface area contributed by atoms with Crippen LogP contribution in [-0.4, -0.2) is 53.2 Å². The molecule has 4 aromatic rings. The maximum Gasteiger partial charge on any atom is 0.344 e. The Labute approximate surface area is 409 Å². The fraction of sp³-hybridized carbons (Fsp3) is 0.491. The zero-order valence-electron chi connectivity index (χ0n) is 41.0. The van der Waals surface area contributed by atoms with Gasteiger partial charge in [0.25, 0.3) is 0 Å². The highest BCUT2D eigenvalue weighted by molar-refractivity contribution is 8.04. The van der Waals surface area contributed by atoms with Gasteiger partial charge in [0.1, 0.15) is 23.0 Å². The minimum absolute atomic E-state index is 0.160. The van der Waals surface area contributed by atoms with Crippen molar-refractivity contribution in [3.63, 3.8) is 0 Å². The molecule has 4 atom stereocenters. The van der Waals surface area contributed by atoms with Gasteiger partial charge in [0.05, 0.1) is 52.3 Å². The molecule has 11 heteroatoms. The summed E-state index contributed by atoms with van der Waals surface area (Å²) in [6, 6.07) is 26.9. The third kappa shape index (κ3) is 16.3. The summed E-state index contributed by atoms with van der Waals surface area (Å²) in [5.41, 5.74) is -1.49. The molecule has 0 bridgehead atoms. The van der Waals surface area contributed by atoms with Crippen LogP contribution in [0.4, 0.5) is 0 Å². The Kier molecular flexibility index (Phi) is 22.0. The zero-order chi connectivity index (χ0) is 48.8. The summed E-state index contributed by atoms with van der Waals surface area (Å²) in [5.74, 6) is -0.429.